The molecule has 2 aliphatic heterocycles. The van der Waals surface area contributed by atoms with Gasteiger partial charge >= 0.3 is 0 Å². The molecule has 0 aromatic heterocycles. The molecule has 4 atom stereocenters. The van der Waals surface area contributed by atoms with Crippen LogP contribution in [0.3, 0.4) is 0 Å². The average Bonchev–Trinajstić information content (AvgIpc) is 2.79. The van der Waals surface area contributed by atoms with E-state index in [1.807, 2.05) is 0 Å². The first-order valence-electron chi connectivity index (χ1n) is 8.57. The quantitative estimate of drug-likeness (QED) is 0.773. The van der Waals surface area contributed by atoms with Crippen molar-refractivity contribution >= 4 is 0 Å². The fourth-order valence-electron chi connectivity index (χ4n) is 4.75. The SMILES string of the molecule is Cc1ccc([C@@H]2CC3CCC(C2c2ccccc2)N3C)cc1. The molecule has 2 aromatic carbocycles. The van der Waals surface area contributed by atoms with Crippen molar-refractivity contribution in [1.29, 1.82) is 0 Å². The lowest BCUT2D eigenvalue weighted by Gasteiger charge is -2.43. The summed E-state index contributed by atoms with van der Waals surface area (Å²) < 4.78 is 0. The van der Waals surface area contributed by atoms with Gasteiger partial charge in [0.15, 0.2) is 0 Å². The predicted molar refractivity (Wildman–Crippen MR) is 92.3 cm³/mol. The van der Waals surface area contributed by atoms with E-state index in [-0.39, 0.29) is 0 Å². The number of hydrogen-bond donors (Lipinski definition) is 0. The van der Waals surface area contributed by atoms with E-state index in [9.17, 15) is 0 Å². The summed E-state index contributed by atoms with van der Waals surface area (Å²) in [6, 6.07) is 21.9. The molecule has 114 valence electrons. The Bertz CT molecular complexity index is 631. The summed E-state index contributed by atoms with van der Waals surface area (Å²) in [4.78, 5) is 2.66. The van der Waals surface area contributed by atoms with Crippen LogP contribution in [0.4, 0.5) is 0 Å². The van der Waals surface area contributed by atoms with Crippen LogP contribution in [0, 0.1) is 6.92 Å². The predicted octanol–water partition coefficient (Wildman–Crippen LogP) is 4.73. The van der Waals surface area contributed by atoms with Crippen molar-refractivity contribution in [3.63, 3.8) is 0 Å². The fraction of sp³-hybridized carbons (Fsp3) is 0.429. The van der Waals surface area contributed by atoms with Crippen molar-refractivity contribution in [2.75, 3.05) is 7.05 Å². The molecule has 2 aromatic rings. The van der Waals surface area contributed by atoms with E-state index < -0.39 is 0 Å². The average molecular weight is 291 g/mol. The Morgan fingerprint density at radius 3 is 2.32 bits per heavy atom. The molecule has 0 spiro atoms. The van der Waals surface area contributed by atoms with Crippen molar-refractivity contribution in [1.82, 2.24) is 4.90 Å². The van der Waals surface area contributed by atoms with Crippen LogP contribution in [-0.2, 0) is 0 Å². The maximum Gasteiger partial charge on any atom is 0.0170 e. The second-order valence-corrected chi connectivity index (χ2v) is 7.15. The number of nitrogens with zero attached hydrogens (tertiary/aromatic N) is 1. The van der Waals surface area contributed by atoms with E-state index in [0.29, 0.717) is 17.9 Å². The van der Waals surface area contributed by atoms with Crippen LogP contribution in [0.1, 0.15) is 47.8 Å². The molecular weight excluding hydrogens is 266 g/mol. The summed E-state index contributed by atoms with van der Waals surface area (Å²) >= 11 is 0. The fourth-order valence-corrected chi connectivity index (χ4v) is 4.75. The summed E-state index contributed by atoms with van der Waals surface area (Å²) in [7, 11) is 2.34. The largest absolute Gasteiger partial charge is 0.300 e. The first-order chi connectivity index (χ1) is 10.7. The van der Waals surface area contributed by atoms with E-state index in [0.717, 1.165) is 6.04 Å². The van der Waals surface area contributed by atoms with Crippen LogP contribution in [0.15, 0.2) is 54.6 Å². The van der Waals surface area contributed by atoms with E-state index >= 15 is 0 Å². The molecule has 0 N–H and O–H groups in total. The van der Waals surface area contributed by atoms with E-state index in [1.54, 1.807) is 0 Å². The third-order valence-electron chi connectivity index (χ3n) is 5.96. The van der Waals surface area contributed by atoms with E-state index in [4.69, 9.17) is 0 Å². The zero-order valence-electron chi connectivity index (χ0n) is 13.6. The number of benzene rings is 2. The minimum atomic E-state index is 0.632. The third kappa shape index (κ3) is 2.28. The van der Waals surface area contributed by atoms with Gasteiger partial charge < -0.3 is 0 Å². The van der Waals surface area contributed by atoms with E-state index in [2.05, 4.69) is 73.5 Å². The zero-order chi connectivity index (χ0) is 15.1. The highest BCUT2D eigenvalue weighted by Gasteiger charge is 2.46. The van der Waals surface area contributed by atoms with Crippen molar-refractivity contribution < 1.29 is 0 Å². The first kappa shape index (κ1) is 14.0. The molecule has 0 aliphatic carbocycles. The minimum Gasteiger partial charge on any atom is -0.300 e. The smallest absolute Gasteiger partial charge is 0.0170 e. The first-order valence-corrected chi connectivity index (χ1v) is 8.57. The van der Waals surface area contributed by atoms with E-state index in [1.165, 1.54) is 36.0 Å². The molecule has 1 nitrogen and oxygen atoms in total. The summed E-state index contributed by atoms with van der Waals surface area (Å²) in [5.74, 6) is 1.30. The molecule has 22 heavy (non-hydrogen) atoms. The van der Waals surface area contributed by atoms with Gasteiger partial charge in [0.1, 0.15) is 0 Å². The Labute approximate surface area is 134 Å². The van der Waals surface area contributed by atoms with Gasteiger partial charge in [-0.15, -0.1) is 0 Å². The molecule has 2 saturated heterocycles. The van der Waals surface area contributed by atoms with Gasteiger partial charge in [-0.1, -0.05) is 60.2 Å². The monoisotopic (exact) mass is 291 g/mol. The second kappa shape index (κ2) is 5.55. The Balaban J connectivity index is 1.76. The summed E-state index contributed by atoms with van der Waals surface area (Å²) in [6.45, 7) is 2.18. The lowest BCUT2D eigenvalue weighted by atomic mass is 9.73. The summed E-state index contributed by atoms with van der Waals surface area (Å²) in [5, 5.41) is 0. The van der Waals surface area contributed by atoms with Crippen molar-refractivity contribution in [2.24, 2.45) is 0 Å². The Morgan fingerprint density at radius 1 is 0.864 bits per heavy atom. The molecule has 0 amide bonds. The maximum atomic E-state index is 2.66. The molecule has 0 saturated carbocycles. The number of likely N-dealkylation sites (N-methyl/N-ethyl adjacent to an activating group) is 1. The van der Waals surface area contributed by atoms with Crippen molar-refractivity contribution in [3.8, 4) is 0 Å². The minimum absolute atomic E-state index is 0.632. The lowest BCUT2D eigenvalue weighted by molar-refractivity contribution is 0.137. The molecule has 4 rings (SSSR count). The van der Waals surface area contributed by atoms with Crippen LogP contribution in [0.5, 0.6) is 0 Å². The van der Waals surface area contributed by atoms with Gasteiger partial charge in [-0.2, -0.15) is 0 Å². The molecule has 2 aliphatic rings. The lowest BCUT2D eigenvalue weighted by Crippen LogP contribution is -2.44. The molecule has 3 unspecified atom stereocenters. The molecule has 2 heterocycles. The standard InChI is InChI=1S/C21H25N/c1-15-8-10-16(11-9-15)19-14-18-12-13-20(22(18)2)21(19)17-6-4-3-5-7-17/h3-11,18-21H,12-14H2,1-2H3/t18?,19-,20?,21?/m0/s1. The van der Waals surface area contributed by atoms with Gasteiger partial charge in [0, 0.05) is 18.0 Å². The van der Waals surface area contributed by atoms with Crippen molar-refractivity contribution in [3.05, 3.63) is 71.3 Å². The zero-order valence-corrected chi connectivity index (χ0v) is 13.6. The third-order valence-corrected chi connectivity index (χ3v) is 5.96. The normalized spacial score (nSPS) is 31.4. The number of aryl methyl sites for hydroxylation is 1. The highest BCUT2D eigenvalue weighted by atomic mass is 15.2. The maximum absolute atomic E-state index is 2.66. The van der Waals surface area contributed by atoms with Crippen molar-refractivity contribution in [2.45, 2.75) is 50.1 Å². The molecule has 0 radical (unpaired) electrons. The van der Waals surface area contributed by atoms with Crippen LogP contribution in [0.2, 0.25) is 0 Å². The van der Waals surface area contributed by atoms with Gasteiger partial charge in [-0.05, 0) is 50.3 Å². The van der Waals surface area contributed by atoms with Gasteiger partial charge in [0.05, 0.1) is 0 Å². The highest BCUT2D eigenvalue weighted by Crippen LogP contribution is 2.50. The van der Waals surface area contributed by atoms with Gasteiger partial charge in [-0.25, -0.2) is 0 Å². The number of rotatable bonds is 2. The Hall–Kier alpha value is -1.60. The molecular formula is C21H25N. The van der Waals surface area contributed by atoms with Crippen LogP contribution in [0.25, 0.3) is 0 Å². The Kier molecular flexibility index (Phi) is 3.54. The number of fused-ring (bicyclic) bond motifs is 2. The van der Waals surface area contributed by atoms with Gasteiger partial charge in [0.25, 0.3) is 0 Å². The number of piperidine rings is 1. The highest BCUT2D eigenvalue weighted by molar-refractivity contribution is 5.34. The summed E-state index contributed by atoms with van der Waals surface area (Å²) in [6.07, 6.45) is 4.02. The number of hydrogen-bond acceptors (Lipinski definition) is 1. The van der Waals surface area contributed by atoms with Crippen LogP contribution in [-0.4, -0.2) is 24.0 Å². The summed E-state index contributed by atoms with van der Waals surface area (Å²) in [5.41, 5.74) is 4.41. The van der Waals surface area contributed by atoms with Crippen LogP contribution >= 0.6 is 0 Å². The Morgan fingerprint density at radius 2 is 1.59 bits per heavy atom. The van der Waals surface area contributed by atoms with Gasteiger partial charge in [-0.3, -0.25) is 4.90 Å². The molecule has 2 bridgehead atoms. The second-order valence-electron chi connectivity index (χ2n) is 7.15. The molecule has 2 fully saturated rings. The van der Waals surface area contributed by atoms with Gasteiger partial charge in [0.2, 0.25) is 0 Å². The topological polar surface area (TPSA) is 3.24 Å². The van der Waals surface area contributed by atoms with Crippen LogP contribution < -0.4 is 0 Å². The molecule has 1 heteroatoms.